The number of thiophene rings is 1. The molecule has 1 N–H and O–H groups in total. The molecule has 2 atom stereocenters. The van der Waals surface area contributed by atoms with Crippen LogP contribution < -0.4 is 5.32 Å². The summed E-state index contributed by atoms with van der Waals surface area (Å²) in [6, 6.07) is 5.83. The Labute approximate surface area is 114 Å². The average molecular weight is 264 g/mol. The SMILES string of the molecule is CCc1ccc(C(C)NC2CN3CCC2CC3)s1. The summed E-state index contributed by atoms with van der Waals surface area (Å²) in [4.78, 5) is 5.63. The highest BCUT2D eigenvalue weighted by Crippen LogP contribution is 2.30. The molecule has 0 saturated carbocycles. The Morgan fingerprint density at radius 3 is 2.72 bits per heavy atom. The lowest BCUT2D eigenvalue weighted by Crippen LogP contribution is -2.56. The Morgan fingerprint density at radius 1 is 1.39 bits per heavy atom. The number of hydrogen-bond donors (Lipinski definition) is 1. The van der Waals surface area contributed by atoms with Crippen LogP contribution in [-0.4, -0.2) is 30.6 Å². The number of rotatable bonds is 4. The van der Waals surface area contributed by atoms with E-state index in [9.17, 15) is 0 Å². The van der Waals surface area contributed by atoms with E-state index in [4.69, 9.17) is 0 Å². The van der Waals surface area contributed by atoms with E-state index >= 15 is 0 Å². The van der Waals surface area contributed by atoms with Crippen LogP contribution in [0, 0.1) is 5.92 Å². The predicted octanol–water partition coefficient (Wildman–Crippen LogP) is 3.06. The van der Waals surface area contributed by atoms with Crippen molar-refractivity contribution in [1.82, 2.24) is 10.2 Å². The van der Waals surface area contributed by atoms with Crippen molar-refractivity contribution in [2.75, 3.05) is 19.6 Å². The zero-order valence-electron chi connectivity index (χ0n) is 11.5. The van der Waals surface area contributed by atoms with E-state index in [1.54, 1.807) is 0 Å². The number of nitrogens with one attached hydrogen (secondary N) is 1. The Bertz CT molecular complexity index is 393. The van der Waals surface area contributed by atoms with Crippen molar-refractivity contribution in [3.8, 4) is 0 Å². The summed E-state index contributed by atoms with van der Waals surface area (Å²) in [6.45, 7) is 8.48. The molecule has 2 nitrogen and oxygen atoms in total. The lowest BCUT2D eigenvalue weighted by molar-refractivity contribution is 0.0682. The van der Waals surface area contributed by atoms with Gasteiger partial charge < -0.3 is 10.2 Å². The van der Waals surface area contributed by atoms with Crippen LogP contribution in [0.15, 0.2) is 12.1 Å². The third kappa shape index (κ3) is 2.49. The summed E-state index contributed by atoms with van der Waals surface area (Å²) < 4.78 is 0. The minimum atomic E-state index is 0.515. The van der Waals surface area contributed by atoms with E-state index in [0.29, 0.717) is 6.04 Å². The van der Waals surface area contributed by atoms with Gasteiger partial charge in [0.15, 0.2) is 0 Å². The van der Waals surface area contributed by atoms with Crippen molar-refractivity contribution in [2.45, 2.75) is 45.2 Å². The van der Waals surface area contributed by atoms with Crippen LogP contribution in [0.3, 0.4) is 0 Å². The molecule has 1 aromatic rings. The molecule has 100 valence electrons. The molecule has 3 heteroatoms. The first-order valence-electron chi connectivity index (χ1n) is 7.33. The van der Waals surface area contributed by atoms with Gasteiger partial charge in [0, 0.05) is 28.4 Å². The number of nitrogens with zero attached hydrogens (tertiary/aromatic N) is 1. The fraction of sp³-hybridized carbons (Fsp3) is 0.733. The van der Waals surface area contributed by atoms with E-state index in [2.05, 4.69) is 36.2 Å². The van der Waals surface area contributed by atoms with Gasteiger partial charge >= 0.3 is 0 Å². The molecule has 4 heterocycles. The number of fused-ring (bicyclic) bond motifs is 3. The monoisotopic (exact) mass is 264 g/mol. The van der Waals surface area contributed by atoms with Gasteiger partial charge in [-0.25, -0.2) is 0 Å². The van der Waals surface area contributed by atoms with Crippen LogP contribution >= 0.6 is 11.3 Å². The lowest BCUT2D eigenvalue weighted by atomic mass is 9.83. The van der Waals surface area contributed by atoms with Gasteiger partial charge in [-0.2, -0.15) is 0 Å². The van der Waals surface area contributed by atoms with Crippen LogP contribution in [0.1, 0.15) is 42.5 Å². The first-order valence-corrected chi connectivity index (χ1v) is 8.15. The van der Waals surface area contributed by atoms with Gasteiger partial charge in [0.25, 0.3) is 0 Å². The molecule has 2 unspecified atom stereocenters. The molecule has 0 amide bonds. The summed E-state index contributed by atoms with van der Waals surface area (Å²) in [5.41, 5.74) is 0. The summed E-state index contributed by atoms with van der Waals surface area (Å²) in [5, 5.41) is 3.87. The first-order chi connectivity index (χ1) is 8.76. The molecule has 18 heavy (non-hydrogen) atoms. The molecule has 2 bridgehead atoms. The maximum atomic E-state index is 3.87. The molecule has 1 aromatic heterocycles. The van der Waals surface area contributed by atoms with Crippen molar-refractivity contribution in [3.63, 3.8) is 0 Å². The molecule has 3 aliphatic heterocycles. The number of aryl methyl sites for hydroxylation is 1. The Balaban J connectivity index is 1.62. The second-order valence-electron chi connectivity index (χ2n) is 5.79. The summed E-state index contributed by atoms with van der Waals surface area (Å²) in [5.74, 6) is 0.919. The summed E-state index contributed by atoms with van der Waals surface area (Å²) in [7, 11) is 0. The highest BCUT2D eigenvalue weighted by Gasteiger charge is 2.34. The fourth-order valence-corrected chi connectivity index (χ4v) is 4.34. The van der Waals surface area contributed by atoms with Crippen molar-refractivity contribution in [1.29, 1.82) is 0 Å². The second kappa shape index (κ2) is 5.32. The van der Waals surface area contributed by atoms with E-state index in [0.717, 1.165) is 18.4 Å². The molecule has 3 saturated heterocycles. The minimum absolute atomic E-state index is 0.515. The Hall–Kier alpha value is -0.380. The smallest absolute Gasteiger partial charge is 0.0388 e. The standard InChI is InChI=1S/C15H24N2S/c1-3-13-4-5-15(18-13)11(2)16-14-10-17-8-6-12(14)7-9-17/h4-5,11-12,14,16H,3,6-10H2,1-2H3. The van der Waals surface area contributed by atoms with Crippen molar-refractivity contribution >= 4 is 11.3 Å². The molecule has 3 fully saturated rings. The first kappa shape index (κ1) is 12.6. The van der Waals surface area contributed by atoms with E-state index < -0.39 is 0 Å². The van der Waals surface area contributed by atoms with Gasteiger partial charge in [-0.1, -0.05) is 6.92 Å². The predicted molar refractivity (Wildman–Crippen MR) is 78.2 cm³/mol. The van der Waals surface area contributed by atoms with Crippen molar-refractivity contribution in [2.24, 2.45) is 5.92 Å². The van der Waals surface area contributed by atoms with E-state index in [1.165, 1.54) is 42.2 Å². The molecule has 3 aliphatic rings. The number of piperidine rings is 3. The zero-order chi connectivity index (χ0) is 12.5. The highest BCUT2D eigenvalue weighted by atomic mass is 32.1. The molecule has 0 radical (unpaired) electrons. The summed E-state index contributed by atoms with van der Waals surface area (Å²) >= 11 is 1.97. The number of hydrogen-bond acceptors (Lipinski definition) is 3. The molecular formula is C15H24N2S. The van der Waals surface area contributed by atoms with E-state index in [1.807, 2.05) is 11.3 Å². The topological polar surface area (TPSA) is 15.3 Å². The van der Waals surface area contributed by atoms with Crippen molar-refractivity contribution in [3.05, 3.63) is 21.9 Å². The maximum Gasteiger partial charge on any atom is 0.0388 e. The fourth-order valence-electron chi connectivity index (χ4n) is 3.37. The second-order valence-corrected chi connectivity index (χ2v) is 6.99. The van der Waals surface area contributed by atoms with Crippen molar-refractivity contribution < 1.29 is 0 Å². The molecule has 4 rings (SSSR count). The van der Waals surface area contributed by atoms with Gasteiger partial charge in [-0.3, -0.25) is 0 Å². The lowest BCUT2D eigenvalue weighted by Gasteiger charge is -2.46. The molecule has 0 spiro atoms. The Morgan fingerprint density at radius 2 is 2.17 bits per heavy atom. The van der Waals surface area contributed by atoms with Crippen LogP contribution in [0.25, 0.3) is 0 Å². The van der Waals surface area contributed by atoms with E-state index in [-0.39, 0.29) is 0 Å². The van der Waals surface area contributed by atoms with Gasteiger partial charge in [0.2, 0.25) is 0 Å². The minimum Gasteiger partial charge on any atom is -0.305 e. The maximum absolute atomic E-state index is 3.87. The van der Waals surface area contributed by atoms with Crippen LogP contribution in [0.2, 0.25) is 0 Å². The average Bonchev–Trinajstić information content (AvgIpc) is 2.89. The molecule has 0 aromatic carbocycles. The largest absolute Gasteiger partial charge is 0.305 e. The van der Waals surface area contributed by atoms with Crippen LogP contribution in [0.5, 0.6) is 0 Å². The third-order valence-electron chi connectivity index (χ3n) is 4.58. The van der Waals surface area contributed by atoms with Gasteiger partial charge in [0.05, 0.1) is 0 Å². The van der Waals surface area contributed by atoms with Gasteiger partial charge in [-0.15, -0.1) is 11.3 Å². The van der Waals surface area contributed by atoms with Crippen LogP contribution in [0.4, 0.5) is 0 Å². The highest BCUT2D eigenvalue weighted by molar-refractivity contribution is 7.12. The molecular weight excluding hydrogens is 240 g/mol. The zero-order valence-corrected chi connectivity index (χ0v) is 12.3. The third-order valence-corrected chi connectivity index (χ3v) is 5.99. The normalized spacial score (nSPS) is 32.7. The van der Waals surface area contributed by atoms with Crippen LogP contribution in [-0.2, 0) is 6.42 Å². The Kier molecular flexibility index (Phi) is 3.73. The molecule has 0 aliphatic carbocycles. The van der Waals surface area contributed by atoms with Gasteiger partial charge in [0.1, 0.15) is 0 Å². The quantitative estimate of drug-likeness (QED) is 0.899. The summed E-state index contributed by atoms with van der Waals surface area (Å²) in [6.07, 6.45) is 3.96. The van der Waals surface area contributed by atoms with Gasteiger partial charge in [-0.05, 0) is 57.3 Å².